The zero-order chi connectivity index (χ0) is 14.7. The molecule has 1 N–H and O–H groups in total. The van der Waals surface area contributed by atoms with Crippen LogP contribution in [-0.2, 0) is 6.42 Å². The quantitative estimate of drug-likeness (QED) is 0.687. The number of carboxylic acid groups (broad SMARTS) is 1. The van der Waals surface area contributed by atoms with Crippen LogP contribution in [-0.4, -0.2) is 16.0 Å². The number of carbonyl (C=O) groups is 1. The first kappa shape index (κ1) is 13.7. The number of carboxylic acids is 1. The molecule has 0 unspecified atom stereocenters. The molecule has 2 aromatic rings. The van der Waals surface area contributed by atoms with E-state index in [-0.39, 0.29) is 17.7 Å². The number of nitro benzene ring substituents is 1. The predicted octanol–water partition coefficient (Wildman–Crippen LogP) is 3.02. The smallest absolute Gasteiger partial charge is 0.336 e. The second kappa shape index (κ2) is 5.48. The number of nitro groups is 1. The fraction of sp³-hybridized carbons (Fsp3) is 0.0714. The van der Waals surface area contributed by atoms with Crippen molar-refractivity contribution in [3.63, 3.8) is 0 Å². The van der Waals surface area contributed by atoms with Crippen molar-refractivity contribution in [1.29, 1.82) is 0 Å². The minimum absolute atomic E-state index is 0.150. The molecule has 0 fully saturated rings. The Balaban J connectivity index is 2.41. The van der Waals surface area contributed by atoms with Crippen molar-refractivity contribution in [3.05, 3.63) is 75.1 Å². The van der Waals surface area contributed by atoms with Gasteiger partial charge in [0.05, 0.1) is 10.5 Å². The summed E-state index contributed by atoms with van der Waals surface area (Å²) in [4.78, 5) is 21.2. The number of benzene rings is 2. The third-order valence-electron chi connectivity index (χ3n) is 2.82. The number of aromatic carboxylic acids is 1. The number of rotatable bonds is 4. The van der Waals surface area contributed by atoms with Crippen molar-refractivity contribution >= 4 is 11.7 Å². The monoisotopic (exact) mass is 275 g/mol. The molecule has 0 bridgehead atoms. The number of nitrogens with zero attached hydrogens (tertiary/aromatic N) is 1. The van der Waals surface area contributed by atoms with Crippen LogP contribution in [0.5, 0.6) is 0 Å². The molecular weight excluding hydrogens is 265 g/mol. The van der Waals surface area contributed by atoms with Crippen LogP contribution >= 0.6 is 0 Å². The lowest BCUT2D eigenvalue weighted by Crippen LogP contribution is -2.04. The largest absolute Gasteiger partial charge is 0.478 e. The van der Waals surface area contributed by atoms with Gasteiger partial charge in [0.15, 0.2) is 0 Å². The van der Waals surface area contributed by atoms with Crippen LogP contribution in [0.4, 0.5) is 10.1 Å². The fourth-order valence-corrected chi connectivity index (χ4v) is 1.90. The van der Waals surface area contributed by atoms with Gasteiger partial charge in [-0.15, -0.1) is 0 Å². The number of hydrogen-bond acceptors (Lipinski definition) is 3. The Morgan fingerprint density at radius 3 is 2.60 bits per heavy atom. The van der Waals surface area contributed by atoms with Gasteiger partial charge in [0.2, 0.25) is 0 Å². The van der Waals surface area contributed by atoms with Gasteiger partial charge in [-0.3, -0.25) is 10.1 Å². The molecule has 5 nitrogen and oxygen atoms in total. The highest BCUT2D eigenvalue weighted by Gasteiger charge is 2.16. The van der Waals surface area contributed by atoms with E-state index in [1.165, 1.54) is 30.3 Å². The van der Waals surface area contributed by atoms with Gasteiger partial charge in [0.25, 0.3) is 5.69 Å². The highest BCUT2D eigenvalue weighted by molar-refractivity contribution is 5.90. The van der Waals surface area contributed by atoms with E-state index in [2.05, 4.69) is 0 Å². The average molecular weight is 275 g/mol. The second-order valence-corrected chi connectivity index (χ2v) is 4.21. The Morgan fingerprint density at radius 2 is 2.00 bits per heavy atom. The average Bonchev–Trinajstić information content (AvgIpc) is 2.38. The zero-order valence-electron chi connectivity index (χ0n) is 10.2. The lowest BCUT2D eigenvalue weighted by atomic mass is 9.99. The summed E-state index contributed by atoms with van der Waals surface area (Å²) in [5.41, 5.74) is 0.559. The molecule has 102 valence electrons. The SMILES string of the molecule is O=C(O)c1cc([N+](=O)[O-])ccc1Cc1cccc(F)c1. The van der Waals surface area contributed by atoms with Crippen molar-refractivity contribution in [2.45, 2.75) is 6.42 Å². The number of hydrogen-bond donors (Lipinski definition) is 1. The van der Waals surface area contributed by atoms with E-state index < -0.39 is 16.7 Å². The molecule has 0 aliphatic rings. The summed E-state index contributed by atoms with van der Waals surface area (Å²) in [6, 6.07) is 9.40. The molecule has 0 atom stereocenters. The summed E-state index contributed by atoms with van der Waals surface area (Å²) >= 11 is 0. The van der Waals surface area contributed by atoms with Gasteiger partial charge in [0.1, 0.15) is 5.82 Å². The Labute approximate surface area is 113 Å². The third kappa shape index (κ3) is 2.97. The molecule has 0 saturated carbocycles. The summed E-state index contributed by atoms with van der Waals surface area (Å²) in [7, 11) is 0. The summed E-state index contributed by atoms with van der Waals surface area (Å²) in [5, 5.41) is 19.8. The molecule has 0 amide bonds. The van der Waals surface area contributed by atoms with Crippen LogP contribution in [0.2, 0.25) is 0 Å². The minimum Gasteiger partial charge on any atom is -0.478 e. The van der Waals surface area contributed by atoms with Crippen molar-refractivity contribution in [1.82, 2.24) is 0 Å². The van der Waals surface area contributed by atoms with Gasteiger partial charge in [-0.2, -0.15) is 0 Å². The van der Waals surface area contributed by atoms with Crippen LogP contribution in [0.1, 0.15) is 21.5 Å². The first-order valence-corrected chi connectivity index (χ1v) is 5.72. The minimum atomic E-state index is -1.25. The van der Waals surface area contributed by atoms with E-state index >= 15 is 0 Å². The maximum absolute atomic E-state index is 13.1. The van der Waals surface area contributed by atoms with Gasteiger partial charge in [0, 0.05) is 12.1 Å². The van der Waals surface area contributed by atoms with Crippen LogP contribution < -0.4 is 0 Å². The van der Waals surface area contributed by atoms with Crippen molar-refractivity contribution in [2.75, 3.05) is 0 Å². The molecule has 0 saturated heterocycles. The molecule has 20 heavy (non-hydrogen) atoms. The normalized spacial score (nSPS) is 10.2. The Kier molecular flexibility index (Phi) is 3.74. The summed E-state index contributed by atoms with van der Waals surface area (Å²) in [6.45, 7) is 0. The molecule has 0 heterocycles. The maximum Gasteiger partial charge on any atom is 0.336 e. The van der Waals surface area contributed by atoms with E-state index in [9.17, 15) is 19.3 Å². The molecule has 0 spiro atoms. The van der Waals surface area contributed by atoms with Crippen LogP contribution in [0.15, 0.2) is 42.5 Å². The van der Waals surface area contributed by atoms with Crippen LogP contribution in [0.25, 0.3) is 0 Å². The van der Waals surface area contributed by atoms with Crippen molar-refractivity contribution < 1.29 is 19.2 Å². The molecule has 0 radical (unpaired) electrons. The third-order valence-corrected chi connectivity index (χ3v) is 2.82. The predicted molar refractivity (Wildman–Crippen MR) is 69.3 cm³/mol. The van der Waals surface area contributed by atoms with E-state index in [4.69, 9.17) is 5.11 Å². The molecule has 6 heteroatoms. The summed E-state index contributed by atoms with van der Waals surface area (Å²) < 4.78 is 13.1. The van der Waals surface area contributed by atoms with Crippen molar-refractivity contribution in [2.24, 2.45) is 0 Å². The zero-order valence-corrected chi connectivity index (χ0v) is 10.2. The topological polar surface area (TPSA) is 80.4 Å². The molecular formula is C14H10FNO4. The Bertz CT molecular complexity index is 685. The Morgan fingerprint density at radius 1 is 1.25 bits per heavy atom. The summed E-state index contributed by atoms with van der Waals surface area (Å²) in [6.07, 6.45) is 0.192. The molecule has 0 aromatic heterocycles. The van der Waals surface area contributed by atoms with Gasteiger partial charge in [-0.1, -0.05) is 18.2 Å². The maximum atomic E-state index is 13.1. The summed E-state index contributed by atoms with van der Waals surface area (Å²) in [5.74, 6) is -1.67. The molecule has 0 aliphatic carbocycles. The first-order chi connectivity index (χ1) is 9.47. The standard InChI is InChI=1S/C14H10FNO4/c15-11-3-1-2-9(7-11)6-10-4-5-12(16(19)20)8-13(10)14(17)18/h1-5,7-8H,6H2,(H,17,18). The molecule has 2 rings (SSSR count). The van der Waals surface area contributed by atoms with E-state index in [1.54, 1.807) is 6.07 Å². The second-order valence-electron chi connectivity index (χ2n) is 4.21. The highest BCUT2D eigenvalue weighted by Crippen LogP contribution is 2.21. The van der Waals surface area contributed by atoms with Gasteiger partial charge < -0.3 is 5.11 Å². The van der Waals surface area contributed by atoms with Gasteiger partial charge in [-0.25, -0.2) is 9.18 Å². The van der Waals surface area contributed by atoms with Crippen molar-refractivity contribution in [3.8, 4) is 0 Å². The highest BCUT2D eigenvalue weighted by atomic mass is 19.1. The number of non-ortho nitro benzene ring substituents is 1. The lowest BCUT2D eigenvalue weighted by molar-refractivity contribution is -0.384. The lowest BCUT2D eigenvalue weighted by Gasteiger charge is -2.06. The Hall–Kier alpha value is -2.76. The van der Waals surface area contributed by atoms with E-state index in [0.717, 1.165) is 6.07 Å². The molecule has 2 aromatic carbocycles. The van der Waals surface area contributed by atoms with E-state index in [1.807, 2.05) is 0 Å². The van der Waals surface area contributed by atoms with Crippen LogP contribution in [0.3, 0.4) is 0 Å². The van der Waals surface area contributed by atoms with Gasteiger partial charge in [-0.05, 0) is 29.7 Å². The van der Waals surface area contributed by atoms with E-state index in [0.29, 0.717) is 11.1 Å². The first-order valence-electron chi connectivity index (χ1n) is 5.72. The fourth-order valence-electron chi connectivity index (χ4n) is 1.90. The van der Waals surface area contributed by atoms with Gasteiger partial charge >= 0.3 is 5.97 Å². The number of halogens is 1. The van der Waals surface area contributed by atoms with Crippen LogP contribution in [0, 0.1) is 15.9 Å². The molecule has 0 aliphatic heterocycles.